The summed E-state index contributed by atoms with van der Waals surface area (Å²) in [5.74, 6) is -2.23. The minimum atomic E-state index is -1.00. The van der Waals surface area contributed by atoms with Gasteiger partial charge in [-0.05, 0) is 43.2 Å². The van der Waals surface area contributed by atoms with E-state index >= 15 is 0 Å². The first kappa shape index (κ1) is 16.5. The summed E-state index contributed by atoms with van der Waals surface area (Å²) in [6, 6.07) is 11.4. The van der Waals surface area contributed by atoms with Gasteiger partial charge in [-0.2, -0.15) is 0 Å². The van der Waals surface area contributed by atoms with E-state index in [9.17, 15) is 13.6 Å². The lowest BCUT2D eigenvalue weighted by Gasteiger charge is -2.27. The van der Waals surface area contributed by atoms with Gasteiger partial charge in [0.15, 0.2) is 11.6 Å². The number of fused-ring (bicyclic) bond motifs is 1. The maximum Gasteiger partial charge on any atom is 0.254 e. The molecular formula is C21H18F2N2O. The number of benzene rings is 2. The van der Waals surface area contributed by atoms with Gasteiger partial charge < -0.3 is 9.88 Å². The third-order valence-electron chi connectivity index (χ3n) is 4.88. The third-order valence-corrected chi connectivity index (χ3v) is 4.88. The van der Waals surface area contributed by atoms with Crippen LogP contribution in [0.15, 0.2) is 48.5 Å². The van der Waals surface area contributed by atoms with Gasteiger partial charge in [-0.15, -0.1) is 0 Å². The molecule has 0 radical (unpaired) electrons. The molecule has 5 heteroatoms. The molecule has 0 saturated carbocycles. The molecular weight excluding hydrogens is 334 g/mol. The Hall–Kier alpha value is -2.95. The van der Waals surface area contributed by atoms with E-state index in [0.29, 0.717) is 13.1 Å². The third kappa shape index (κ3) is 2.79. The molecule has 2 heterocycles. The zero-order chi connectivity index (χ0) is 18.3. The first-order valence-electron chi connectivity index (χ1n) is 8.55. The Kier molecular flexibility index (Phi) is 4.07. The molecule has 0 saturated heterocycles. The lowest BCUT2D eigenvalue weighted by molar-refractivity contribution is 0.0772. The molecule has 4 rings (SSSR count). The number of aromatic amines is 1. The second-order valence-corrected chi connectivity index (χ2v) is 6.53. The summed E-state index contributed by atoms with van der Waals surface area (Å²) in [6.45, 7) is 3.05. The Morgan fingerprint density at radius 2 is 1.92 bits per heavy atom. The molecule has 1 aliphatic heterocycles. The summed E-state index contributed by atoms with van der Waals surface area (Å²) >= 11 is 0. The van der Waals surface area contributed by atoms with E-state index in [4.69, 9.17) is 0 Å². The van der Waals surface area contributed by atoms with Crippen molar-refractivity contribution in [1.82, 2.24) is 9.88 Å². The summed E-state index contributed by atoms with van der Waals surface area (Å²) in [5, 5.41) is 1.18. The van der Waals surface area contributed by atoms with E-state index in [1.54, 1.807) is 4.90 Å². The molecule has 0 atom stereocenters. The van der Waals surface area contributed by atoms with Crippen LogP contribution in [0.5, 0.6) is 0 Å². The molecule has 2 aromatic carbocycles. The lowest BCUT2D eigenvalue weighted by Crippen LogP contribution is -2.34. The van der Waals surface area contributed by atoms with Gasteiger partial charge in [0, 0.05) is 40.8 Å². The van der Waals surface area contributed by atoms with Gasteiger partial charge in [0.25, 0.3) is 5.91 Å². The average Bonchev–Trinajstić information content (AvgIpc) is 2.99. The van der Waals surface area contributed by atoms with Crippen LogP contribution in [0, 0.1) is 18.6 Å². The van der Waals surface area contributed by atoms with Crippen molar-refractivity contribution >= 4 is 22.4 Å². The molecule has 0 aliphatic carbocycles. The number of hydrogen-bond acceptors (Lipinski definition) is 1. The highest BCUT2D eigenvalue weighted by atomic mass is 19.2. The minimum Gasteiger partial charge on any atom is -0.358 e. The number of carbonyl (C=O) groups is 1. The number of para-hydroxylation sites is 1. The van der Waals surface area contributed by atoms with Crippen molar-refractivity contribution in [2.75, 3.05) is 13.1 Å². The van der Waals surface area contributed by atoms with Crippen molar-refractivity contribution in [3.63, 3.8) is 0 Å². The van der Waals surface area contributed by atoms with Crippen LogP contribution in [0.3, 0.4) is 0 Å². The zero-order valence-electron chi connectivity index (χ0n) is 14.4. The molecule has 0 bridgehead atoms. The van der Waals surface area contributed by atoms with Crippen LogP contribution in [-0.4, -0.2) is 28.9 Å². The number of nitrogens with one attached hydrogen (secondary N) is 1. The number of nitrogens with zero attached hydrogens (tertiary/aromatic N) is 1. The van der Waals surface area contributed by atoms with Crippen LogP contribution in [0.2, 0.25) is 0 Å². The number of rotatable bonds is 2. The van der Waals surface area contributed by atoms with Crippen molar-refractivity contribution in [2.24, 2.45) is 0 Å². The standard InChI is InChI=1S/C21H18F2N2O/c1-13-20(16-4-2-3-5-19(16)24-13)14-8-10-25(11-9-14)21(26)15-6-7-17(22)18(23)12-15/h2-8,12,24H,9-11H2,1H3. The average molecular weight is 352 g/mol. The van der Waals surface area contributed by atoms with Crippen LogP contribution in [0.1, 0.15) is 28.0 Å². The normalized spacial score (nSPS) is 14.6. The van der Waals surface area contributed by atoms with Crippen molar-refractivity contribution in [3.8, 4) is 0 Å². The Bertz CT molecular complexity index is 1040. The van der Waals surface area contributed by atoms with Crippen molar-refractivity contribution in [3.05, 3.63) is 77.0 Å². The van der Waals surface area contributed by atoms with Gasteiger partial charge >= 0.3 is 0 Å². The largest absolute Gasteiger partial charge is 0.358 e. The molecule has 132 valence electrons. The second kappa shape index (κ2) is 6.41. The summed E-state index contributed by atoms with van der Waals surface area (Å²) in [4.78, 5) is 17.6. The van der Waals surface area contributed by atoms with E-state index < -0.39 is 11.6 Å². The van der Waals surface area contributed by atoms with Crippen LogP contribution in [0.25, 0.3) is 16.5 Å². The number of aromatic nitrogens is 1. The minimum absolute atomic E-state index is 0.170. The SMILES string of the molecule is Cc1[nH]c2ccccc2c1C1=CCN(C(=O)c2ccc(F)c(F)c2)CC1. The van der Waals surface area contributed by atoms with E-state index in [2.05, 4.69) is 18.0 Å². The predicted octanol–water partition coefficient (Wildman–Crippen LogP) is 4.68. The highest BCUT2D eigenvalue weighted by Gasteiger charge is 2.22. The number of halogens is 2. The van der Waals surface area contributed by atoms with Crippen molar-refractivity contribution in [2.45, 2.75) is 13.3 Å². The van der Waals surface area contributed by atoms with Crippen LogP contribution >= 0.6 is 0 Å². The zero-order valence-corrected chi connectivity index (χ0v) is 14.4. The van der Waals surface area contributed by atoms with Crippen LogP contribution < -0.4 is 0 Å². The number of hydrogen-bond donors (Lipinski definition) is 1. The van der Waals surface area contributed by atoms with Crippen LogP contribution in [0.4, 0.5) is 8.78 Å². The van der Waals surface area contributed by atoms with Gasteiger partial charge in [-0.1, -0.05) is 24.3 Å². The fourth-order valence-electron chi connectivity index (χ4n) is 3.58. The quantitative estimate of drug-likeness (QED) is 0.714. The number of carbonyl (C=O) groups excluding carboxylic acids is 1. The summed E-state index contributed by atoms with van der Waals surface area (Å²) in [5.41, 5.74) is 4.78. The van der Waals surface area contributed by atoms with E-state index in [-0.39, 0.29) is 11.5 Å². The fraction of sp³-hybridized carbons (Fsp3) is 0.190. The Labute approximate surface area is 149 Å². The second-order valence-electron chi connectivity index (χ2n) is 6.53. The number of aryl methyl sites for hydroxylation is 1. The molecule has 1 aromatic heterocycles. The van der Waals surface area contributed by atoms with Gasteiger partial charge in [0.05, 0.1) is 0 Å². The molecule has 0 fully saturated rings. The Morgan fingerprint density at radius 3 is 2.65 bits per heavy atom. The van der Waals surface area contributed by atoms with Crippen molar-refractivity contribution < 1.29 is 13.6 Å². The molecule has 1 amide bonds. The number of H-pyrrole nitrogens is 1. The fourth-order valence-corrected chi connectivity index (χ4v) is 3.58. The summed E-state index contributed by atoms with van der Waals surface area (Å²) in [7, 11) is 0. The molecule has 0 spiro atoms. The maximum absolute atomic E-state index is 13.4. The van der Waals surface area contributed by atoms with E-state index in [0.717, 1.165) is 29.8 Å². The molecule has 1 aliphatic rings. The van der Waals surface area contributed by atoms with Gasteiger partial charge in [0.1, 0.15) is 0 Å². The molecule has 0 unspecified atom stereocenters. The maximum atomic E-state index is 13.4. The van der Waals surface area contributed by atoms with Gasteiger partial charge in [-0.3, -0.25) is 4.79 Å². The monoisotopic (exact) mass is 352 g/mol. The van der Waals surface area contributed by atoms with Gasteiger partial charge in [0.2, 0.25) is 0 Å². The lowest BCUT2D eigenvalue weighted by atomic mass is 9.96. The van der Waals surface area contributed by atoms with E-state index in [1.807, 2.05) is 24.3 Å². The molecule has 3 nitrogen and oxygen atoms in total. The number of amides is 1. The Morgan fingerprint density at radius 1 is 1.12 bits per heavy atom. The summed E-state index contributed by atoms with van der Waals surface area (Å²) < 4.78 is 26.5. The Balaban J connectivity index is 1.59. The first-order valence-corrected chi connectivity index (χ1v) is 8.55. The molecule has 1 N–H and O–H groups in total. The van der Waals surface area contributed by atoms with E-state index in [1.165, 1.54) is 22.6 Å². The molecule has 26 heavy (non-hydrogen) atoms. The summed E-state index contributed by atoms with van der Waals surface area (Å²) in [6.07, 6.45) is 2.77. The smallest absolute Gasteiger partial charge is 0.254 e. The topological polar surface area (TPSA) is 36.1 Å². The van der Waals surface area contributed by atoms with Crippen LogP contribution in [-0.2, 0) is 0 Å². The van der Waals surface area contributed by atoms with Gasteiger partial charge in [-0.25, -0.2) is 8.78 Å². The highest BCUT2D eigenvalue weighted by molar-refractivity contribution is 5.97. The first-order chi connectivity index (χ1) is 12.5. The molecule has 3 aromatic rings. The predicted molar refractivity (Wildman–Crippen MR) is 97.9 cm³/mol. The highest BCUT2D eigenvalue weighted by Crippen LogP contribution is 2.32. The van der Waals surface area contributed by atoms with Crippen molar-refractivity contribution in [1.29, 1.82) is 0 Å².